The lowest BCUT2D eigenvalue weighted by atomic mass is 10.00. The highest BCUT2D eigenvalue weighted by Gasteiger charge is 2.37. The number of hydrogen-bond donors (Lipinski definition) is 3. The third-order valence-corrected chi connectivity index (χ3v) is 8.02. The van der Waals surface area contributed by atoms with Gasteiger partial charge in [-0.05, 0) is 66.0 Å². The third kappa shape index (κ3) is 10.3. The van der Waals surface area contributed by atoms with Gasteiger partial charge in [-0.25, -0.2) is 19.4 Å². The number of anilines is 2. The van der Waals surface area contributed by atoms with Gasteiger partial charge in [0.25, 0.3) is 0 Å². The van der Waals surface area contributed by atoms with Gasteiger partial charge in [0.05, 0.1) is 33.0 Å². The topological polar surface area (TPSA) is 182 Å². The Morgan fingerprint density at radius 2 is 1.71 bits per heavy atom. The van der Waals surface area contributed by atoms with Gasteiger partial charge in [-0.15, -0.1) is 0 Å². The molecule has 2 aromatic heterocycles. The molecule has 1 aliphatic rings. The second kappa shape index (κ2) is 16.4. The van der Waals surface area contributed by atoms with Crippen molar-refractivity contribution in [2.45, 2.75) is 97.6 Å². The Hall–Kier alpha value is -4.86. The highest BCUT2D eigenvalue weighted by atomic mass is 16.6. The van der Waals surface area contributed by atoms with Crippen LogP contribution in [0.15, 0.2) is 24.4 Å². The zero-order valence-corrected chi connectivity index (χ0v) is 31.1. The molecule has 16 heteroatoms. The number of methoxy groups -OCH3 is 2. The number of aliphatic hydroxyl groups is 1. The number of piperazine rings is 1. The van der Waals surface area contributed by atoms with Crippen LogP contribution in [0, 0.1) is 0 Å². The quantitative estimate of drug-likeness (QED) is 0.211. The van der Waals surface area contributed by atoms with Crippen LogP contribution in [-0.2, 0) is 20.8 Å². The fourth-order valence-corrected chi connectivity index (χ4v) is 5.76. The van der Waals surface area contributed by atoms with Crippen LogP contribution < -0.4 is 15.4 Å². The van der Waals surface area contributed by atoms with Crippen molar-refractivity contribution in [3.63, 3.8) is 0 Å². The summed E-state index contributed by atoms with van der Waals surface area (Å²) in [7, 11) is 2.82. The molecule has 3 amide bonds. The fraction of sp³-hybridized carbons (Fsp3) is 0.600. The molecule has 3 heterocycles. The lowest BCUT2D eigenvalue weighted by Gasteiger charge is -2.42. The summed E-state index contributed by atoms with van der Waals surface area (Å²) in [6, 6.07) is 5.02. The minimum absolute atomic E-state index is 0.0101. The van der Waals surface area contributed by atoms with Gasteiger partial charge in [-0.3, -0.25) is 14.9 Å². The Morgan fingerprint density at radius 3 is 2.33 bits per heavy atom. The number of ether oxygens (including phenoxy) is 4. The normalized spacial score (nSPS) is 15.7. The Labute approximate surface area is 298 Å². The lowest BCUT2D eigenvalue weighted by molar-refractivity contribution is -0.0152. The van der Waals surface area contributed by atoms with Gasteiger partial charge in [0.1, 0.15) is 28.0 Å². The number of aromatic nitrogens is 4. The van der Waals surface area contributed by atoms with E-state index in [9.17, 15) is 19.5 Å². The van der Waals surface area contributed by atoms with E-state index in [4.69, 9.17) is 18.9 Å². The summed E-state index contributed by atoms with van der Waals surface area (Å²) in [5, 5.41) is 20.2. The molecule has 280 valence electrons. The predicted molar refractivity (Wildman–Crippen MR) is 191 cm³/mol. The molecule has 16 nitrogen and oxygen atoms in total. The molecule has 0 aliphatic carbocycles. The van der Waals surface area contributed by atoms with Gasteiger partial charge in [0.2, 0.25) is 5.95 Å². The predicted octanol–water partition coefficient (Wildman–Crippen LogP) is 5.55. The molecule has 51 heavy (non-hydrogen) atoms. The van der Waals surface area contributed by atoms with E-state index in [0.29, 0.717) is 35.6 Å². The minimum Gasteiger partial charge on any atom is -0.496 e. The Balaban J connectivity index is 1.71. The summed E-state index contributed by atoms with van der Waals surface area (Å²) >= 11 is 0. The van der Waals surface area contributed by atoms with E-state index in [0.717, 1.165) is 24.0 Å². The van der Waals surface area contributed by atoms with Gasteiger partial charge >= 0.3 is 18.3 Å². The van der Waals surface area contributed by atoms with Gasteiger partial charge in [0.15, 0.2) is 5.82 Å². The maximum Gasteiger partial charge on any atom is 0.413 e. The number of amides is 3. The van der Waals surface area contributed by atoms with Crippen LogP contribution in [0.25, 0.3) is 11.0 Å². The summed E-state index contributed by atoms with van der Waals surface area (Å²) in [6.45, 7) is 13.9. The molecule has 0 saturated carbocycles. The van der Waals surface area contributed by atoms with Crippen LogP contribution >= 0.6 is 0 Å². The minimum atomic E-state index is -0.713. The van der Waals surface area contributed by atoms with Gasteiger partial charge in [0, 0.05) is 37.8 Å². The van der Waals surface area contributed by atoms with E-state index in [1.807, 2.05) is 59.7 Å². The largest absolute Gasteiger partial charge is 0.496 e. The average Bonchev–Trinajstić information content (AvgIpc) is 3.45. The van der Waals surface area contributed by atoms with E-state index in [2.05, 4.69) is 32.6 Å². The summed E-state index contributed by atoms with van der Waals surface area (Å²) in [4.78, 5) is 50.8. The van der Waals surface area contributed by atoms with Crippen molar-refractivity contribution in [3.8, 4) is 5.75 Å². The maximum atomic E-state index is 13.4. The summed E-state index contributed by atoms with van der Waals surface area (Å²) in [6.07, 6.45) is 2.09. The smallest absolute Gasteiger partial charge is 0.413 e. The van der Waals surface area contributed by atoms with Crippen molar-refractivity contribution in [1.29, 1.82) is 0 Å². The molecule has 3 N–H and O–H groups in total. The Bertz CT molecular complexity index is 1680. The molecule has 1 saturated heterocycles. The van der Waals surface area contributed by atoms with Crippen LogP contribution in [0.1, 0.15) is 84.9 Å². The maximum absolute atomic E-state index is 13.4. The molecule has 4 rings (SSSR count). The van der Waals surface area contributed by atoms with Gasteiger partial charge in [-0.2, -0.15) is 10.1 Å². The Morgan fingerprint density at radius 1 is 1.00 bits per heavy atom. The summed E-state index contributed by atoms with van der Waals surface area (Å²) in [5.41, 5.74) is 1.21. The van der Waals surface area contributed by atoms with E-state index >= 15 is 0 Å². The first kappa shape index (κ1) is 38.9. The number of hydrogen-bond acceptors (Lipinski definition) is 12. The van der Waals surface area contributed by atoms with E-state index < -0.39 is 35.5 Å². The van der Waals surface area contributed by atoms with Crippen molar-refractivity contribution >= 4 is 41.1 Å². The third-order valence-electron chi connectivity index (χ3n) is 8.02. The SMILES string of the molecule is CCC[C@@H](CCO)Nc1nc(NC(=O)OC)nc2cnn(Cc3ccc(C4CN(C(=O)OC(C)(C)C)CCN4C(=O)OC(C)(C)C)cc3OC)c12. The monoisotopic (exact) mass is 712 g/mol. The van der Waals surface area contributed by atoms with Crippen molar-refractivity contribution in [3.05, 3.63) is 35.5 Å². The number of carbonyl (C=O) groups is 3. The zero-order valence-electron chi connectivity index (χ0n) is 31.1. The standard InChI is InChI=1S/C35H52N8O8/c1-10-11-24(14-17-44)37-29-28-25(38-30(39-29)40-31(45)49-9)19-36-43(28)20-23-13-12-22(18-27(23)48-8)26-21-41(32(46)50-34(2,3)4)15-16-42(26)33(47)51-35(5,6)7/h12-13,18-19,24,26,44H,10-11,14-17,20-21H2,1-9H3,(H2,37,38,39,40,45)/t24-,26?/m0/s1. The number of nitrogens with one attached hydrogen (secondary N) is 2. The second-order valence-electron chi connectivity index (χ2n) is 14.4. The fourth-order valence-electron chi connectivity index (χ4n) is 5.76. The van der Waals surface area contributed by atoms with E-state index in [-0.39, 0.29) is 38.2 Å². The number of rotatable bonds is 11. The van der Waals surface area contributed by atoms with Gasteiger partial charge < -0.3 is 34.3 Å². The highest BCUT2D eigenvalue weighted by Crippen LogP contribution is 2.33. The second-order valence-corrected chi connectivity index (χ2v) is 14.4. The average molecular weight is 713 g/mol. The molecular weight excluding hydrogens is 660 g/mol. The molecule has 0 radical (unpaired) electrons. The van der Waals surface area contributed by atoms with Gasteiger partial charge in [-0.1, -0.05) is 25.5 Å². The molecule has 3 aromatic rings. The number of nitrogens with zero attached hydrogens (tertiary/aromatic N) is 6. The molecule has 2 atom stereocenters. The number of carbonyl (C=O) groups excluding carboxylic acids is 3. The molecule has 0 bridgehead atoms. The van der Waals surface area contributed by atoms with Crippen molar-refractivity contribution in [2.24, 2.45) is 0 Å². The van der Waals surface area contributed by atoms with Crippen molar-refractivity contribution in [1.82, 2.24) is 29.5 Å². The van der Waals surface area contributed by atoms with E-state index in [1.54, 1.807) is 27.8 Å². The van der Waals surface area contributed by atoms with Crippen LogP contribution in [0.3, 0.4) is 0 Å². The molecule has 1 unspecified atom stereocenters. The number of benzene rings is 1. The number of aliphatic hydroxyl groups excluding tert-OH is 1. The summed E-state index contributed by atoms with van der Waals surface area (Å²) < 4.78 is 23.7. The molecule has 1 aliphatic heterocycles. The van der Waals surface area contributed by atoms with Crippen LogP contribution in [-0.4, -0.2) is 111 Å². The highest BCUT2D eigenvalue weighted by molar-refractivity contribution is 5.89. The first-order chi connectivity index (χ1) is 24.0. The van der Waals surface area contributed by atoms with Crippen LogP contribution in [0.4, 0.5) is 26.1 Å². The van der Waals surface area contributed by atoms with Crippen LogP contribution in [0.5, 0.6) is 5.75 Å². The molecule has 1 aromatic carbocycles. The molecule has 0 spiro atoms. The first-order valence-corrected chi connectivity index (χ1v) is 17.2. The molecule has 1 fully saturated rings. The van der Waals surface area contributed by atoms with Crippen LogP contribution in [0.2, 0.25) is 0 Å². The van der Waals surface area contributed by atoms with E-state index in [1.165, 1.54) is 7.11 Å². The first-order valence-electron chi connectivity index (χ1n) is 17.2. The van der Waals surface area contributed by atoms with Crippen molar-refractivity contribution < 1.29 is 38.4 Å². The lowest BCUT2D eigenvalue weighted by Crippen LogP contribution is -2.54. The Kier molecular flexibility index (Phi) is 12.6. The summed E-state index contributed by atoms with van der Waals surface area (Å²) in [5.74, 6) is 1.02. The zero-order chi connectivity index (χ0) is 37.5. The van der Waals surface area contributed by atoms with Crippen molar-refractivity contribution in [2.75, 3.05) is 51.1 Å². The number of fused-ring (bicyclic) bond motifs is 1. The molecular formula is C35H52N8O8.